The minimum absolute atomic E-state index is 0.0364. The Kier molecular flexibility index (Phi) is 8.04. The molecule has 0 radical (unpaired) electrons. The number of hydrogen-bond acceptors (Lipinski definition) is 3. The lowest BCUT2D eigenvalue weighted by Gasteiger charge is -2.12. The van der Waals surface area contributed by atoms with Crippen LogP contribution in [0.25, 0.3) is 0 Å². The molecule has 6 heteroatoms. The number of carbonyl (C=O) groups is 1. The highest BCUT2D eigenvalue weighted by atomic mass is 19.3. The molecule has 0 spiro atoms. The number of benzene rings is 2. The molecule has 0 saturated carbocycles. The second-order valence-electron chi connectivity index (χ2n) is 6.24. The van der Waals surface area contributed by atoms with Crippen LogP contribution in [0.3, 0.4) is 0 Å². The SMILES string of the molecule is CCCCc1ccc(CC(=O)NCc2ccc(OC(F)F)c(OC)c2)cc1. The number of hydrogen-bond donors (Lipinski definition) is 1. The lowest BCUT2D eigenvalue weighted by atomic mass is 10.0. The first-order chi connectivity index (χ1) is 13.0. The number of amides is 1. The molecule has 0 aliphatic heterocycles. The molecule has 0 heterocycles. The predicted octanol–water partition coefficient (Wildman–Crippen LogP) is 4.50. The first-order valence-electron chi connectivity index (χ1n) is 8.98. The van der Waals surface area contributed by atoms with Gasteiger partial charge in [0, 0.05) is 6.54 Å². The van der Waals surface area contributed by atoms with Gasteiger partial charge in [0.2, 0.25) is 5.91 Å². The Bertz CT molecular complexity index is 733. The number of aryl methyl sites for hydroxylation is 1. The molecule has 1 amide bonds. The molecule has 27 heavy (non-hydrogen) atoms. The molecule has 0 fully saturated rings. The Morgan fingerprint density at radius 1 is 1.04 bits per heavy atom. The van der Waals surface area contributed by atoms with Crippen LogP contribution in [0.5, 0.6) is 11.5 Å². The van der Waals surface area contributed by atoms with E-state index in [1.54, 1.807) is 12.1 Å². The fourth-order valence-corrected chi connectivity index (χ4v) is 2.67. The summed E-state index contributed by atoms with van der Waals surface area (Å²) in [6, 6.07) is 12.7. The predicted molar refractivity (Wildman–Crippen MR) is 100 cm³/mol. The van der Waals surface area contributed by atoms with Gasteiger partial charge in [-0.3, -0.25) is 4.79 Å². The normalized spacial score (nSPS) is 10.7. The minimum Gasteiger partial charge on any atom is -0.493 e. The lowest BCUT2D eigenvalue weighted by Crippen LogP contribution is -2.24. The first kappa shape index (κ1) is 20.7. The maximum absolute atomic E-state index is 12.3. The van der Waals surface area contributed by atoms with E-state index in [0.717, 1.165) is 30.4 Å². The summed E-state index contributed by atoms with van der Waals surface area (Å²) in [4.78, 5) is 12.1. The van der Waals surface area contributed by atoms with Crippen molar-refractivity contribution in [1.82, 2.24) is 5.32 Å². The van der Waals surface area contributed by atoms with Crippen LogP contribution in [0, 0.1) is 0 Å². The van der Waals surface area contributed by atoms with Gasteiger partial charge in [-0.25, -0.2) is 0 Å². The summed E-state index contributed by atoms with van der Waals surface area (Å²) >= 11 is 0. The van der Waals surface area contributed by atoms with E-state index in [1.165, 1.54) is 18.7 Å². The Balaban J connectivity index is 1.87. The summed E-state index contributed by atoms with van der Waals surface area (Å²) < 4.78 is 34.1. The molecule has 0 aliphatic rings. The van der Waals surface area contributed by atoms with Gasteiger partial charge in [0.25, 0.3) is 0 Å². The summed E-state index contributed by atoms with van der Waals surface area (Å²) in [5.74, 6) is 0.0543. The molecule has 2 aromatic carbocycles. The smallest absolute Gasteiger partial charge is 0.387 e. The molecule has 2 rings (SSSR count). The standard InChI is InChI=1S/C21H25F2NO3/c1-3-4-5-15-6-8-16(9-7-15)13-20(25)24-14-17-10-11-18(27-21(22)23)19(12-17)26-2/h6-12,21H,3-5,13-14H2,1-2H3,(H,24,25). The number of ether oxygens (including phenoxy) is 2. The zero-order valence-corrected chi connectivity index (χ0v) is 15.6. The molecular formula is C21H25F2NO3. The molecule has 0 aromatic heterocycles. The first-order valence-corrected chi connectivity index (χ1v) is 8.98. The van der Waals surface area contributed by atoms with Crippen molar-refractivity contribution >= 4 is 5.91 Å². The molecule has 2 aromatic rings. The second kappa shape index (κ2) is 10.5. The van der Waals surface area contributed by atoms with E-state index in [4.69, 9.17) is 4.74 Å². The quantitative estimate of drug-likeness (QED) is 0.663. The Hall–Kier alpha value is -2.63. The van der Waals surface area contributed by atoms with Gasteiger partial charge in [0.15, 0.2) is 11.5 Å². The van der Waals surface area contributed by atoms with Gasteiger partial charge in [0.05, 0.1) is 13.5 Å². The average Bonchev–Trinajstić information content (AvgIpc) is 2.66. The van der Waals surface area contributed by atoms with Crippen LogP contribution >= 0.6 is 0 Å². The number of methoxy groups -OCH3 is 1. The van der Waals surface area contributed by atoms with Gasteiger partial charge in [0.1, 0.15) is 0 Å². The molecule has 146 valence electrons. The molecule has 0 atom stereocenters. The van der Waals surface area contributed by atoms with E-state index >= 15 is 0 Å². The average molecular weight is 377 g/mol. The largest absolute Gasteiger partial charge is 0.493 e. The van der Waals surface area contributed by atoms with E-state index in [1.807, 2.05) is 12.1 Å². The fourth-order valence-electron chi connectivity index (χ4n) is 2.67. The summed E-state index contributed by atoms with van der Waals surface area (Å²) in [6.45, 7) is -0.482. The number of unbranched alkanes of at least 4 members (excludes halogenated alkanes) is 1. The van der Waals surface area contributed by atoms with Crippen molar-refractivity contribution < 1.29 is 23.0 Å². The van der Waals surface area contributed by atoms with Crippen LogP contribution in [0.2, 0.25) is 0 Å². The van der Waals surface area contributed by atoms with E-state index < -0.39 is 6.61 Å². The van der Waals surface area contributed by atoms with Gasteiger partial charge in [-0.2, -0.15) is 8.78 Å². The summed E-state index contributed by atoms with van der Waals surface area (Å²) in [6.07, 6.45) is 3.66. The number of halogens is 2. The second-order valence-corrected chi connectivity index (χ2v) is 6.24. The van der Waals surface area contributed by atoms with Crippen LogP contribution in [-0.4, -0.2) is 19.6 Å². The van der Waals surface area contributed by atoms with Crippen molar-refractivity contribution in [1.29, 1.82) is 0 Å². The molecular weight excluding hydrogens is 352 g/mol. The monoisotopic (exact) mass is 377 g/mol. The van der Waals surface area contributed by atoms with Gasteiger partial charge in [-0.05, 0) is 41.7 Å². The fraction of sp³-hybridized carbons (Fsp3) is 0.381. The van der Waals surface area contributed by atoms with Gasteiger partial charge in [-0.1, -0.05) is 43.7 Å². The number of rotatable bonds is 10. The van der Waals surface area contributed by atoms with Gasteiger partial charge >= 0.3 is 6.61 Å². The van der Waals surface area contributed by atoms with Crippen molar-refractivity contribution in [3.8, 4) is 11.5 Å². The number of carbonyl (C=O) groups excluding carboxylic acids is 1. The summed E-state index contributed by atoms with van der Waals surface area (Å²) in [5.41, 5.74) is 2.96. The number of alkyl halides is 2. The van der Waals surface area contributed by atoms with Crippen LogP contribution in [0.15, 0.2) is 42.5 Å². The van der Waals surface area contributed by atoms with Crippen molar-refractivity contribution in [3.05, 3.63) is 59.2 Å². The van der Waals surface area contributed by atoms with Crippen LogP contribution in [-0.2, 0) is 24.2 Å². The van der Waals surface area contributed by atoms with E-state index in [9.17, 15) is 13.6 Å². The molecule has 0 saturated heterocycles. The van der Waals surface area contributed by atoms with Crippen molar-refractivity contribution in [2.75, 3.05) is 7.11 Å². The molecule has 4 nitrogen and oxygen atoms in total. The highest BCUT2D eigenvalue weighted by molar-refractivity contribution is 5.78. The van der Waals surface area contributed by atoms with Crippen molar-refractivity contribution in [2.24, 2.45) is 0 Å². The van der Waals surface area contributed by atoms with Gasteiger partial charge in [-0.15, -0.1) is 0 Å². The van der Waals surface area contributed by atoms with Crippen LogP contribution in [0.1, 0.15) is 36.5 Å². The van der Waals surface area contributed by atoms with Gasteiger partial charge < -0.3 is 14.8 Å². The van der Waals surface area contributed by atoms with Crippen molar-refractivity contribution in [3.63, 3.8) is 0 Å². The molecule has 0 bridgehead atoms. The third-order valence-corrected chi connectivity index (χ3v) is 4.14. The Morgan fingerprint density at radius 3 is 2.33 bits per heavy atom. The third kappa shape index (κ3) is 6.89. The summed E-state index contributed by atoms with van der Waals surface area (Å²) in [5, 5.41) is 2.82. The molecule has 0 unspecified atom stereocenters. The molecule has 0 aliphatic carbocycles. The van der Waals surface area contributed by atoms with Crippen molar-refractivity contribution in [2.45, 2.75) is 45.8 Å². The number of nitrogens with one attached hydrogen (secondary N) is 1. The zero-order chi connectivity index (χ0) is 19.6. The van der Waals surface area contributed by atoms with E-state index in [2.05, 4.69) is 29.1 Å². The maximum atomic E-state index is 12.3. The maximum Gasteiger partial charge on any atom is 0.387 e. The topological polar surface area (TPSA) is 47.6 Å². The third-order valence-electron chi connectivity index (χ3n) is 4.14. The van der Waals surface area contributed by atoms with E-state index in [-0.39, 0.29) is 30.4 Å². The van der Waals surface area contributed by atoms with Crippen LogP contribution < -0.4 is 14.8 Å². The lowest BCUT2D eigenvalue weighted by molar-refractivity contribution is -0.120. The van der Waals surface area contributed by atoms with Crippen LogP contribution in [0.4, 0.5) is 8.78 Å². The zero-order valence-electron chi connectivity index (χ0n) is 15.6. The molecule has 1 N–H and O–H groups in total. The highest BCUT2D eigenvalue weighted by Crippen LogP contribution is 2.29. The Morgan fingerprint density at radius 2 is 1.70 bits per heavy atom. The van der Waals surface area contributed by atoms with E-state index in [0.29, 0.717) is 0 Å². The Labute approximate surface area is 158 Å². The highest BCUT2D eigenvalue weighted by Gasteiger charge is 2.11. The minimum atomic E-state index is -2.92. The summed E-state index contributed by atoms with van der Waals surface area (Å²) in [7, 11) is 1.38.